The second-order valence-electron chi connectivity index (χ2n) is 3.61. The zero-order chi connectivity index (χ0) is 13.0. The van der Waals surface area contributed by atoms with Crippen LogP contribution in [0.2, 0.25) is 0 Å². The van der Waals surface area contributed by atoms with Gasteiger partial charge in [-0.1, -0.05) is 12.1 Å². The molecule has 0 saturated carbocycles. The number of benzene rings is 1. The largest absolute Gasteiger partial charge is 0.466 e. The first-order valence-corrected chi connectivity index (χ1v) is 5.11. The highest BCUT2D eigenvalue weighted by Gasteiger charge is 2.20. The van der Waals surface area contributed by atoms with Gasteiger partial charge in [0.1, 0.15) is 0 Å². The number of para-hydroxylation sites is 1. The van der Waals surface area contributed by atoms with Gasteiger partial charge >= 0.3 is 11.9 Å². The van der Waals surface area contributed by atoms with Crippen LogP contribution in [0.5, 0.6) is 0 Å². The summed E-state index contributed by atoms with van der Waals surface area (Å²) in [5.41, 5.74) is 7.14. The number of ether oxygens (including phenoxy) is 2. The zero-order valence-corrected chi connectivity index (χ0v) is 10.0. The highest BCUT2D eigenvalue weighted by Crippen LogP contribution is 2.18. The molecule has 0 amide bonds. The van der Waals surface area contributed by atoms with E-state index < -0.39 is 18.0 Å². The van der Waals surface area contributed by atoms with Crippen molar-refractivity contribution in [1.82, 2.24) is 0 Å². The molecule has 0 aliphatic rings. The predicted octanol–water partition coefficient (Wildman–Crippen LogP) is 1.30. The van der Waals surface area contributed by atoms with E-state index in [1.165, 1.54) is 14.0 Å². The molecule has 2 N–H and O–H groups in total. The topological polar surface area (TPSA) is 78.6 Å². The summed E-state index contributed by atoms with van der Waals surface area (Å²) in [6, 6.07) is 5.04. The molecular formula is C12H15NO4. The molecule has 0 radical (unpaired) electrons. The van der Waals surface area contributed by atoms with E-state index in [4.69, 9.17) is 10.5 Å². The molecule has 5 heteroatoms. The van der Waals surface area contributed by atoms with E-state index in [1.54, 1.807) is 25.1 Å². The highest BCUT2D eigenvalue weighted by atomic mass is 16.6. The molecule has 0 aliphatic heterocycles. The minimum absolute atomic E-state index is 0.251. The van der Waals surface area contributed by atoms with Crippen LogP contribution in [0.25, 0.3) is 0 Å². The average Bonchev–Trinajstić information content (AvgIpc) is 2.31. The van der Waals surface area contributed by atoms with Gasteiger partial charge < -0.3 is 15.2 Å². The van der Waals surface area contributed by atoms with Gasteiger partial charge in [0.2, 0.25) is 0 Å². The Morgan fingerprint density at radius 3 is 2.59 bits per heavy atom. The molecule has 1 rings (SSSR count). The lowest BCUT2D eigenvalue weighted by molar-refractivity contribution is -0.149. The second-order valence-corrected chi connectivity index (χ2v) is 3.61. The first-order valence-electron chi connectivity index (χ1n) is 5.11. The van der Waals surface area contributed by atoms with Crippen LogP contribution in [0, 0.1) is 6.92 Å². The number of carbonyl (C=O) groups is 2. The Labute approximate surface area is 99.5 Å². The van der Waals surface area contributed by atoms with E-state index in [-0.39, 0.29) is 5.56 Å². The van der Waals surface area contributed by atoms with Gasteiger partial charge in [-0.3, -0.25) is 0 Å². The van der Waals surface area contributed by atoms with Gasteiger partial charge in [0.25, 0.3) is 0 Å². The number of carbonyl (C=O) groups excluding carboxylic acids is 2. The van der Waals surface area contributed by atoms with E-state index in [1.807, 2.05) is 0 Å². The SMILES string of the molecule is COC(=O)C(C)OC(=O)c1cccc(C)c1N. The van der Waals surface area contributed by atoms with Gasteiger partial charge in [-0.25, -0.2) is 9.59 Å². The van der Waals surface area contributed by atoms with E-state index >= 15 is 0 Å². The fraction of sp³-hybridized carbons (Fsp3) is 0.333. The summed E-state index contributed by atoms with van der Waals surface area (Å²) in [6.45, 7) is 3.23. The third-order valence-electron chi connectivity index (χ3n) is 2.36. The lowest BCUT2D eigenvalue weighted by Crippen LogP contribution is -2.25. The Morgan fingerprint density at radius 2 is 2.00 bits per heavy atom. The summed E-state index contributed by atoms with van der Waals surface area (Å²) < 4.78 is 9.39. The average molecular weight is 237 g/mol. The fourth-order valence-electron chi connectivity index (χ4n) is 1.30. The van der Waals surface area contributed by atoms with Crippen LogP contribution in [-0.2, 0) is 14.3 Å². The van der Waals surface area contributed by atoms with E-state index in [0.717, 1.165) is 5.56 Å². The molecule has 0 bridgehead atoms. The van der Waals surface area contributed by atoms with Crippen molar-refractivity contribution in [2.24, 2.45) is 0 Å². The van der Waals surface area contributed by atoms with Gasteiger partial charge in [-0.15, -0.1) is 0 Å². The van der Waals surface area contributed by atoms with Gasteiger partial charge in [0, 0.05) is 5.69 Å². The summed E-state index contributed by atoms with van der Waals surface area (Å²) in [7, 11) is 1.23. The smallest absolute Gasteiger partial charge is 0.346 e. The molecular weight excluding hydrogens is 222 g/mol. The second kappa shape index (κ2) is 5.34. The summed E-state index contributed by atoms with van der Waals surface area (Å²) in [4.78, 5) is 22.8. The lowest BCUT2D eigenvalue weighted by atomic mass is 10.1. The molecule has 1 atom stereocenters. The maximum absolute atomic E-state index is 11.7. The van der Waals surface area contributed by atoms with Crippen LogP contribution in [-0.4, -0.2) is 25.2 Å². The summed E-state index contributed by atoms with van der Waals surface area (Å²) in [6.07, 6.45) is -0.951. The summed E-state index contributed by atoms with van der Waals surface area (Å²) in [5.74, 6) is -1.24. The molecule has 1 aromatic carbocycles. The summed E-state index contributed by atoms with van der Waals surface area (Å²) >= 11 is 0. The minimum atomic E-state index is -0.951. The first-order chi connectivity index (χ1) is 7.97. The van der Waals surface area contributed by atoms with Crippen molar-refractivity contribution in [2.45, 2.75) is 20.0 Å². The summed E-state index contributed by atoms with van der Waals surface area (Å²) in [5, 5.41) is 0. The maximum atomic E-state index is 11.7. The monoisotopic (exact) mass is 237 g/mol. The third kappa shape index (κ3) is 2.96. The molecule has 0 saturated heterocycles. The van der Waals surface area contributed by atoms with Crippen molar-refractivity contribution in [2.75, 3.05) is 12.8 Å². The van der Waals surface area contributed by atoms with Crippen molar-refractivity contribution in [3.8, 4) is 0 Å². The molecule has 0 spiro atoms. The Hall–Kier alpha value is -2.04. The van der Waals surface area contributed by atoms with Crippen molar-refractivity contribution >= 4 is 17.6 Å². The van der Waals surface area contributed by atoms with Crippen LogP contribution in [0.1, 0.15) is 22.8 Å². The third-order valence-corrected chi connectivity index (χ3v) is 2.36. The first kappa shape index (κ1) is 13.0. The number of esters is 2. The van der Waals surface area contributed by atoms with Gasteiger partial charge in [-0.05, 0) is 25.5 Å². The van der Waals surface area contributed by atoms with Crippen LogP contribution in [0.4, 0.5) is 5.69 Å². The Morgan fingerprint density at radius 1 is 1.35 bits per heavy atom. The van der Waals surface area contributed by atoms with Gasteiger partial charge in [0.05, 0.1) is 12.7 Å². The number of nitrogen functional groups attached to an aromatic ring is 1. The molecule has 0 fully saturated rings. The Kier molecular flexibility index (Phi) is 4.09. The maximum Gasteiger partial charge on any atom is 0.346 e. The Balaban J connectivity index is 2.84. The normalized spacial score (nSPS) is 11.7. The van der Waals surface area contributed by atoms with Crippen molar-refractivity contribution in [1.29, 1.82) is 0 Å². The minimum Gasteiger partial charge on any atom is -0.466 e. The quantitative estimate of drug-likeness (QED) is 0.633. The van der Waals surface area contributed by atoms with Crippen molar-refractivity contribution < 1.29 is 19.1 Å². The van der Waals surface area contributed by atoms with E-state index in [2.05, 4.69) is 4.74 Å². The van der Waals surface area contributed by atoms with Crippen molar-refractivity contribution in [3.63, 3.8) is 0 Å². The molecule has 1 aromatic rings. The molecule has 0 heterocycles. The standard InChI is InChI=1S/C12H15NO4/c1-7-5-4-6-9(10(7)13)12(15)17-8(2)11(14)16-3/h4-6,8H,13H2,1-3H3. The van der Waals surface area contributed by atoms with Crippen LogP contribution >= 0.6 is 0 Å². The fourth-order valence-corrected chi connectivity index (χ4v) is 1.30. The van der Waals surface area contributed by atoms with Gasteiger partial charge in [0.15, 0.2) is 6.10 Å². The molecule has 5 nitrogen and oxygen atoms in total. The molecule has 1 unspecified atom stereocenters. The molecule has 0 aliphatic carbocycles. The molecule has 17 heavy (non-hydrogen) atoms. The zero-order valence-electron chi connectivity index (χ0n) is 10.0. The predicted molar refractivity (Wildman–Crippen MR) is 62.5 cm³/mol. The highest BCUT2D eigenvalue weighted by molar-refractivity contribution is 5.96. The Bertz CT molecular complexity index is 442. The number of aryl methyl sites for hydroxylation is 1. The van der Waals surface area contributed by atoms with Gasteiger partial charge in [-0.2, -0.15) is 0 Å². The number of hydrogen-bond donors (Lipinski definition) is 1. The van der Waals surface area contributed by atoms with E-state index in [0.29, 0.717) is 5.69 Å². The number of rotatable bonds is 3. The van der Waals surface area contributed by atoms with Crippen LogP contribution in [0.3, 0.4) is 0 Å². The lowest BCUT2D eigenvalue weighted by Gasteiger charge is -2.12. The van der Waals surface area contributed by atoms with Crippen LogP contribution < -0.4 is 5.73 Å². The number of hydrogen-bond acceptors (Lipinski definition) is 5. The molecule has 0 aromatic heterocycles. The van der Waals surface area contributed by atoms with Crippen LogP contribution in [0.15, 0.2) is 18.2 Å². The van der Waals surface area contributed by atoms with Crippen molar-refractivity contribution in [3.05, 3.63) is 29.3 Å². The number of anilines is 1. The number of nitrogens with two attached hydrogens (primary N) is 1. The molecule has 92 valence electrons. The number of methoxy groups -OCH3 is 1. The van der Waals surface area contributed by atoms with E-state index in [9.17, 15) is 9.59 Å².